The lowest BCUT2D eigenvalue weighted by molar-refractivity contribution is 0.0976. The molecule has 1 rings (SSSR count). The normalized spacial score (nSPS) is 11.2. The Kier molecular flexibility index (Phi) is 4.56. The van der Waals surface area contributed by atoms with E-state index in [1.54, 1.807) is 0 Å². The third-order valence-corrected chi connectivity index (χ3v) is 3.08. The Hall–Kier alpha value is -1.50. The summed E-state index contributed by atoms with van der Waals surface area (Å²) in [6.07, 6.45) is 1.59. The van der Waals surface area contributed by atoms with Crippen molar-refractivity contribution in [1.82, 2.24) is 10.2 Å². The number of sulfone groups is 1. The van der Waals surface area contributed by atoms with E-state index in [1.807, 2.05) is 0 Å². The molecule has 0 unspecified atom stereocenters. The van der Waals surface area contributed by atoms with E-state index in [2.05, 4.69) is 10.2 Å². The number of methoxy groups -OCH3 is 1. The Morgan fingerprint density at radius 1 is 1.35 bits per heavy atom. The number of hydrogen-bond donors (Lipinski definition) is 0. The van der Waals surface area contributed by atoms with E-state index in [-0.39, 0.29) is 23.7 Å². The zero-order chi connectivity index (χ0) is 12.9. The Labute approximate surface area is 99.9 Å². The molecule has 0 aliphatic rings. The van der Waals surface area contributed by atoms with Gasteiger partial charge in [-0.25, -0.2) is 8.42 Å². The SMILES string of the molecule is COc1ccc(C(=O)CCCS(C)(=O)=O)nn1. The van der Waals surface area contributed by atoms with Gasteiger partial charge in [0, 0.05) is 18.7 Å². The lowest BCUT2D eigenvalue weighted by Crippen LogP contribution is -2.08. The lowest BCUT2D eigenvalue weighted by atomic mass is 10.2. The first-order valence-corrected chi connectivity index (χ1v) is 7.07. The lowest BCUT2D eigenvalue weighted by Gasteiger charge is -2.00. The highest BCUT2D eigenvalue weighted by Crippen LogP contribution is 2.07. The Bertz CT molecular complexity index is 482. The van der Waals surface area contributed by atoms with Crippen molar-refractivity contribution < 1.29 is 17.9 Å². The van der Waals surface area contributed by atoms with Crippen molar-refractivity contribution in [3.63, 3.8) is 0 Å². The molecule has 17 heavy (non-hydrogen) atoms. The molecule has 0 N–H and O–H groups in total. The van der Waals surface area contributed by atoms with Gasteiger partial charge in [0.25, 0.3) is 0 Å². The molecular weight excluding hydrogens is 244 g/mol. The van der Waals surface area contributed by atoms with Crippen molar-refractivity contribution in [2.24, 2.45) is 0 Å². The van der Waals surface area contributed by atoms with Crippen molar-refractivity contribution in [3.8, 4) is 5.88 Å². The Morgan fingerprint density at radius 3 is 2.53 bits per heavy atom. The first-order chi connectivity index (χ1) is 7.92. The van der Waals surface area contributed by atoms with Crippen molar-refractivity contribution in [2.75, 3.05) is 19.1 Å². The predicted octanol–water partition coefficient (Wildman–Crippen LogP) is 0.493. The molecule has 1 heterocycles. The third-order valence-electron chi connectivity index (χ3n) is 2.05. The van der Waals surface area contributed by atoms with E-state index >= 15 is 0 Å². The zero-order valence-corrected chi connectivity index (χ0v) is 10.5. The van der Waals surface area contributed by atoms with Crippen LogP contribution in [0.25, 0.3) is 0 Å². The van der Waals surface area contributed by atoms with Crippen molar-refractivity contribution >= 4 is 15.6 Å². The molecule has 0 spiro atoms. The summed E-state index contributed by atoms with van der Waals surface area (Å²) in [4.78, 5) is 11.6. The number of ether oxygens (including phenoxy) is 1. The zero-order valence-electron chi connectivity index (χ0n) is 9.71. The molecule has 0 amide bonds. The number of aromatic nitrogens is 2. The molecular formula is C10H14N2O4S. The fraction of sp³-hybridized carbons (Fsp3) is 0.500. The number of rotatable bonds is 6. The van der Waals surface area contributed by atoms with Crippen LogP contribution < -0.4 is 4.74 Å². The van der Waals surface area contributed by atoms with E-state index in [4.69, 9.17) is 4.74 Å². The molecule has 1 aromatic rings. The number of carbonyl (C=O) groups excluding carboxylic acids is 1. The van der Waals surface area contributed by atoms with Crippen LogP contribution in [0, 0.1) is 0 Å². The number of Topliss-reactive ketones (excluding diaryl/α,β-unsaturated/α-hetero) is 1. The van der Waals surface area contributed by atoms with Gasteiger partial charge in [0.2, 0.25) is 5.88 Å². The van der Waals surface area contributed by atoms with Crippen LogP contribution in [0.1, 0.15) is 23.3 Å². The van der Waals surface area contributed by atoms with E-state index in [0.717, 1.165) is 6.26 Å². The van der Waals surface area contributed by atoms with E-state index < -0.39 is 9.84 Å². The van der Waals surface area contributed by atoms with Crippen LogP contribution in [0.5, 0.6) is 5.88 Å². The van der Waals surface area contributed by atoms with E-state index in [1.165, 1.54) is 19.2 Å². The summed E-state index contributed by atoms with van der Waals surface area (Å²) < 4.78 is 26.6. The minimum absolute atomic E-state index is 0.00230. The second-order valence-corrected chi connectivity index (χ2v) is 5.88. The van der Waals surface area contributed by atoms with Crippen molar-refractivity contribution in [3.05, 3.63) is 17.8 Å². The highest BCUT2D eigenvalue weighted by atomic mass is 32.2. The van der Waals surface area contributed by atoms with Gasteiger partial charge in [0.1, 0.15) is 15.5 Å². The number of nitrogens with zero attached hydrogens (tertiary/aromatic N) is 2. The smallest absolute Gasteiger partial charge is 0.233 e. The maximum absolute atomic E-state index is 11.6. The summed E-state index contributed by atoms with van der Waals surface area (Å²) >= 11 is 0. The Morgan fingerprint density at radius 2 is 2.06 bits per heavy atom. The van der Waals surface area contributed by atoms with Crippen LogP contribution in [-0.2, 0) is 9.84 Å². The fourth-order valence-electron chi connectivity index (χ4n) is 1.20. The minimum Gasteiger partial charge on any atom is -0.480 e. The molecule has 94 valence electrons. The molecule has 1 aromatic heterocycles. The first kappa shape index (κ1) is 13.6. The van der Waals surface area contributed by atoms with Gasteiger partial charge in [0.15, 0.2) is 5.78 Å². The van der Waals surface area contributed by atoms with Crippen LogP contribution in [0.2, 0.25) is 0 Å². The van der Waals surface area contributed by atoms with Gasteiger partial charge in [-0.05, 0) is 12.5 Å². The maximum Gasteiger partial charge on any atom is 0.233 e. The molecule has 0 saturated carbocycles. The molecule has 0 bridgehead atoms. The molecule has 0 aliphatic carbocycles. The molecule has 0 fully saturated rings. The van der Waals surface area contributed by atoms with Crippen LogP contribution >= 0.6 is 0 Å². The largest absolute Gasteiger partial charge is 0.480 e. The maximum atomic E-state index is 11.6. The highest BCUT2D eigenvalue weighted by Gasteiger charge is 2.10. The quantitative estimate of drug-likeness (QED) is 0.690. The summed E-state index contributed by atoms with van der Waals surface area (Å²) in [5, 5.41) is 7.35. The monoisotopic (exact) mass is 258 g/mol. The summed E-state index contributed by atoms with van der Waals surface area (Å²) in [5.74, 6) is 0.115. The summed E-state index contributed by atoms with van der Waals surface area (Å²) in [6, 6.07) is 3.05. The van der Waals surface area contributed by atoms with Gasteiger partial charge < -0.3 is 4.74 Å². The summed E-state index contributed by atoms with van der Waals surface area (Å²) in [5.41, 5.74) is 0.222. The van der Waals surface area contributed by atoms with E-state index in [0.29, 0.717) is 12.3 Å². The molecule has 0 atom stereocenters. The second-order valence-electron chi connectivity index (χ2n) is 3.62. The van der Waals surface area contributed by atoms with Crippen molar-refractivity contribution in [2.45, 2.75) is 12.8 Å². The highest BCUT2D eigenvalue weighted by molar-refractivity contribution is 7.90. The molecule has 7 heteroatoms. The van der Waals surface area contributed by atoms with Gasteiger partial charge in [0.05, 0.1) is 12.9 Å². The molecule has 0 radical (unpaired) electrons. The van der Waals surface area contributed by atoms with Gasteiger partial charge in [-0.3, -0.25) is 4.79 Å². The molecule has 0 aliphatic heterocycles. The topological polar surface area (TPSA) is 86.2 Å². The first-order valence-electron chi connectivity index (χ1n) is 5.01. The van der Waals surface area contributed by atoms with Crippen molar-refractivity contribution in [1.29, 1.82) is 0 Å². The van der Waals surface area contributed by atoms with E-state index in [9.17, 15) is 13.2 Å². The summed E-state index contributed by atoms with van der Waals surface area (Å²) in [7, 11) is -1.56. The average Bonchev–Trinajstić information content (AvgIpc) is 2.27. The van der Waals surface area contributed by atoms with Crippen LogP contribution in [0.4, 0.5) is 0 Å². The van der Waals surface area contributed by atoms with Crippen LogP contribution in [-0.4, -0.2) is 43.5 Å². The van der Waals surface area contributed by atoms with Gasteiger partial charge in [-0.1, -0.05) is 0 Å². The fourth-order valence-corrected chi connectivity index (χ4v) is 1.87. The standard InChI is InChI=1S/C10H14N2O4S/c1-16-10-6-5-8(11-12-10)9(13)4-3-7-17(2,14)15/h5-6H,3-4,7H2,1-2H3. The van der Waals surface area contributed by atoms with Crippen LogP contribution in [0.3, 0.4) is 0 Å². The average molecular weight is 258 g/mol. The molecule has 6 nitrogen and oxygen atoms in total. The van der Waals surface area contributed by atoms with Crippen LogP contribution in [0.15, 0.2) is 12.1 Å². The second kappa shape index (κ2) is 5.72. The number of carbonyl (C=O) groups is 1. The molecule has 0 aromatic carbocycles. The predicted molar refractivity (Wildman–Crippen MR) is 61.9 cm³/mol. The molecule has 0 saturated heterocycles. The van der Waals surface area contributed by atoms with Gasteiger partial charge in [-0.2, -0.15) is 0 Å². The Balaban J connectivity index is 2.52. The van der Waals surface area contributed by atoms with Gasteiger partial charge in [-0.15, -0.1) is 10.2 Å². The minimum atomic E-state index is -3.02. The third kappa shape index (κ3) is 4.90. The summed E-state index contributed by atoms with van der Waals surface area (Å²) in [6.45, 7) is 0. The number of ketones is 1. The van der Waals surface area contributed by atoms with Gasteiger partial charge >= 0.3 is 0 Å². The number of hydrogen-bond acceptors (Lipinski definition) is 6.